The summed E-state index contributed by atoms with van der Waals surface area (Å²) in [5.74, 6) is 0.154. The van der Waals surface area contributed by atoms with Crippen LogP contribution in [0, 0.1) is 6.92 Å². The third-order valence-electron chi connectivity index (χ3n) is 7.01. The summed E-state index contributed by atoms with van der Waals surface area (Å²) >= 11 is 0. The summed E-state index contributed by atoms with van der Waals surface area (Å²) in [7, 11) is 1.85. The summed E-state index contributed by atoms with van der Waals surface area (Å²) in [6.45, 7) is 8.11. The Morgan fingerprint density at radius 3 is 2.84 bits per heavy atom. The van der Waals surface area contributed by atoms with E-state index in [2.05, 4.69) is 63.6 Å². The Labute approximate surface area is 183 Å². The summed E-state index contributed by atoms with van der Waals surface area (Å²) in [5, 5.41) is 7.87. The minimum atomic E-state index is -0.115. The van der Waals surface area contributed by atoms with E-state index in [1.165, 1.54) is 5.56 Å². The molecule has 31 heavy (non-hydrogen) atoms. The van der Waals surface area contributed by atoms with Crippen LogP contribution in [0.15, 0.2) is 42.6 Å². The van der Waals surface area contributed by atoms with Crippen LogP contribution in [-0.4, -0.2) is 64.7 Å². The average Bonchev–Trinajstić information content (AvgIpc) is 3.53. The fourth-order valence-corrected chi connectivity index (χ4v) is 4.95. The van der Waals surface area contributed by atoms with Gasteiger partial charge in [0.1, 0.15) is 0 Å². The lowest BCUT2D eigenvalue weighted by atomic mass is 9.82. The van der Waals surface area contributed by atoms with Gasteiger partial charge in [0.2, 0.25) is 5.82 Å². The molecule has 3 aromatic rings. The second kappa shape index (κ2) is 7.64. The highest BCUT2D eigenvalue weighted by Crippen LogP contribution is 2.36. The maximum Gasteiger partial charge on any atom is 0.293 e. The van der Waals surface area contributed by atoms with Crippen LogP contribution >= 0.6 is 0 Å². The highest BCUT2D eigenvalue weighted by atomic mass is 16.2. The number of aryl methyl sites for hydroxylation is 1. The van der Waals surface area contributed by atoms with Crippen molar-refractivity contribution in [2.75, 3.05) is 38.1 Å². The smallest absolute Gasteiger partial charge is 0.293 e. The van der Waals surface area contributed by atoms with Gasteiger partial charge in [-0.1, -0.05) is 37.3 Å². The molecule has 2 aromatic heterocycles. The summed E-state index contributed by atoms with van der Waals surface area (Å²) in [6.07, 6.45) is 4.09. The number of pyridine rings is 1. The first-order valence-corrected chi connectivity index (χ1v) is 11.1. The molecular weight excluding hydrogens is 388 g/mol. The average molecular weight is 419 g/mol. The molecule has 7 heteroatoms. The van der Waals surface area contributed by atoms with Gasteiger partial charge in [-0.15, -0.1) is 5.10 Å². The van der Waals surface area contributed by atoms with Gasteiger partial charge < -0.3 is 15.1 Å². The maximum atomic E-state index is 12.9. The first kappa shape index (κ1) is 20.0. The van der Waals surface area contributed by atoms with E-state index in [0.717, 1.165) is 55.9 Å². The largest absolute Gasteiger partial charge is 0.369 e. The van der Waals surface area contributed by atoms with Crippen LogP contribution < -0.4 is 10.2 Å². The lowest BCUT2D eigenvalue weighted by Crippen LogP contribution is -2.38. The van der Waals surface area contributed by atoms with Gasteiger partial charge >= 0.3 is 0 Å². The highest BCUT2D eigenvalue weighted by molar-refractivity contribution is 5.91. The van der Waals surface area contributed by atoms with Crippen LogP contribution in [0.3, 0.4) is 0 Å². The third-order valence-corrected chi connectivity index (χ3v) is 7.01. The molecule has 2 fully saturated rings. The number of benzene rings is 1. The van der Waals surface area contributed by atoms with Crippen LogP contribution in [0.4, 0.5) is 5.69 Å². The zero-order chi connectivity index (χ0) is 21.6. The van der Waals surface area contributed by atoms with E-state index in [1.807, 2.05) is 20.2 Å². The number of nitrogens with zero attached hydrogens (tertiary/aromatic N) is 5. The zero-order valence-corrected chi connectivity index (χ0v) is 18.5. The minimum absolute atomic E-state index is 0.115. The van der Waals surface area contributed by atoms with E-state index >= 15 is 0 Å². The number of hydrogen-bond donors (Lipinski definition) is 1. The fourth-order valence-electron chi connectivity index (χ4n) is 4.95. The molecule has 2 aliphatic rings. The van der Waals surface area contributed by atoms with Crippen LogP contribution in [-0.2, 0) is 5.41 Å². The van der Waals surface area contributed by atoms with Gasteiger partial charge in [-0.05, 0) is 43.5 Å². The molecule has 2 atom stereocenters. The summed E-state index contributed by atoms with van der Waals surface area (Å²) in [5.41, 5.74) is 4.42. The number of anilines is 1. The maximum absolute atomic E-state index is 12.9. The van der Waals surface area contributed by atoms with Gasteiger partial charge in [0.05, 0.1) is 11.9 Å². The van der Waals surface area contributed by atoms with Gasteiger partial charge in [-0.2, -0.15) is 0 Å². The van der Waals surface area contributed by atoms with Crippen LogP contribution in [0.2, 0.25) is 0 Å². The molecule has 2 saturated heterocycles. The van der Waals surface area contributed by atoms with Gasteiger partial charge in [0, 0.05) is 38.1 Å². The Bertz CT molecular complexity index is 1100. The van der Waals surface area contributed by atoms with E-state index in [0.29, 0.717) is 0 Å². The van der Waals surface area contributed by atoms with Gasteiger partial charge in [0.15, 0.2) is 5.65 Å². The predicted octanol–water partition coefficient (Wildman–Crippen LogP) is 2.64. The van der Waals surface area contributed by atoms with Gasteiger partial charge in [-0.3, -0.25) is 4.79 Å². The normalized spacial score (nSPS) is 23.6. The molecule has 162 valence electrons. The van der Waals surface area contributed by atoms with E-state index in [4.69, 9.17) is 0 Å². The Kier molecular flexibility index (Phi) is 4.93. The summed E-state index contributed by atoms with van der Waals surface area (Å²) in [6, 6.07) is 13.1. The van der Waals surface area contributed by atoms with E-state index < -0.39 is 0 Å². The van der Waals surface area contributed by atoms with Crippen molar-refractivity contribution in [3.8, 4) is 0 Å². The molecule has 0 aliphatic carbocycles. The molecule has 1 amide bonds. The molecule has 0 spiro atoms. The number of aromatic nitrogens is 3. The van der Waals surface area contributed by atoms with Crippen LogP contribution in [0.25, 0.3) is 5.65 Å². The van der Waals surface area contributed by atoms with Crippen molar-refractivity contribution in [3.63, 3.8) is 0 Å². The van der Waals surface area contributed by atoms with E-state index in [1.54, 1.807) is 9.42 Å². The van der Waals surface area contributed by atoms with Crippen molar-refractivity contribution < 1.29 is 4.79 Å². The number of hydrogen-bond acceptors (Lipinski definition) is 5. The SMILES string of the molecule is Cc1cc(N2CC[C@](C)(c3ccccc3)C2)cn2nc(C(=O)N(C)[C@@H]3CCNC3)nc12. The molecule has 0 saturated carbocycles. The second-order valence-corrected chi connectivity index (χ2v) is 9.25. The van der Waals surface area contributed by atoms with Crippen LogP contribution in [0.1, 0.15) is 41.5 Å². The molecule has 0 radical (unpaired) electrons. The van der Waals surface area contributed by atoms with E-state index in [9.17, 15) is 4.79 Å². The monoisotopic (exact) mass is 418 g/mol. The first-order chi connectivity index (χ1) is 14.9. The van der Waals surface area contributed by atoms with Crippen molar-refractivity contribution in [1.82, 2.24) is 24.8 Å². The molecule has 0 unspecified atom stereocenters. The second-order valence-electron chi connectivity index (χ2n) is 9.25. The first-order valence-electron chi connectivity index (χ1n) is 11.1. The number of carbonyl (C=O) groups is 1. The number of fused-ring (bicyclic) bond motifs is 1. The summed E-state index contributed by atoms with van der Waals surface area (Å²) < 4.78 is 1.77. The predicted molar refractivity (Wildman–Crippen MR) is 122 cm³/mol. The quantitative estimate of drug-likeness (QED) is 0.706. The Balaban J connectivity index is 1.41. The lowest BCUT2D eigenvalue weighted by molar-refractivity contribution is 0.0731. The minimum Gasteiger partial charge on any atom is -0.369 e. The number of likely N-dealkylation sites (N-methyl/N-ethyl adjacent to an activating group) is 1. The standard InChI is InChI=1S/C24H30N6O/c1-17-13-20(29-12-10-24(2,16-29)18-7-5-4-6-8-18)15-30-22(17)26-21(27-30)23(31)28(3)19-9-11-25-14-19/h4-8,13,15,19,25H,9-12,14,16H2,1-3H3/t19-,24+/m1/s1. The van der Waals surface area contributed by atoms with Crippen molar-refractivity contribution >= 4 is 17.2 Å². The number of nitrogens with one attached hydrogen (secondary N) is 1. The van der Waals surface area contributed by atoms with Crippen molar-refractivity contribution in [2.24, 2.45) is 0 Å². The molecule has 1 N–H and O–H groups in total. The number of rotatable bonds is 4. The Morgan fingerprint density at radius 1 is 1.29 bits per heavy atom. The number of carbonyl (C=O) groups excluding carboxylic acids is 1. The zero-order valence-electron chi connectivity index (χ0n) is 18.5. The third kappa shape index (κ3) is 3.57. The lowest BCUT2D eigenvalue weighted by Gasteiger charge is -2.26. The molecule has 2 aliphatic heterocycles. The Morgan fingerprint density at radius 2 is 2.10 bits per heavy atom. The molecular formula is C24H30N6O. The van der Waals surface area contributed by atoms with Crippen molar-refractivity contribution in [1.29, 1.82) is 0 Å². The molecule has 5 rings (SSSR count). The van der Waals surface area contributed by atoms with Crippen molar-refractivity contribution in [2.45, 2.75) is 38.1 Å². The molecule has 7 nitrogen and oxygen atoms in total. The Hall–Kier alpha value is -2.93. The fraction of sp³-hybridized carbons (Fsp3) is 0.458. The topological polar surface area (TPSA) is 65.8 Å². The van der Waals surface area contributed by atoms with Crippen molar-refractivity contribution in [3.05, 3.63) is 59.5 Å². The molecule has 0 bridgehead atoms. The molecule has 1 aromatic carbocycles. The van der Waals surface area contributed by atoms with Gasteiger partial charge in [-0.25, -0.2) is 9.50 Å². The van der Waals surface area contributed by atoms with Crippen LogP contribution in [0.5, 0.6) is 0 Å². The highest BCUT2D eigenvalue weighted by Gasteiger charge is 2.35. The van der Waals surface area contributed by atoms with E-state index in [-0.39, 0.29) is 23.2 Å². The summed E-state index contributed by atoms with van der Waals surface area (Å²) in [4.78, 5) is 21.7. The number of amides is 1. The van der Waals surface area contributed by atoms with Gasteiger partial charge in [0.25, 0.3) is 5.91 Å². The molecule has 4 heterocycles.